The van der Waals surface area contributed by atoms with E-state index in [1.165, 1.54) is 24.3 Å². The highest BCUT2D eigenvalue weighted by atomic mass is 16.6. The number of furan rings is 1. The summed E-state index contributed by atoms with van der Waals surface area (Å²) in [5.41, 5.74) is 0.739. The Hall–Kier alpha value is -2.90. The van der Waals surface area contributed by atoms with Crippen molar-refractivity contribution in [2.75, 3.05) is 0 Å². The summed E-state index contributed by atoms with van der Waals surface area (Å²) in [6.45, 7) is 0.308. The van der Waals surface area contributed by atoms with Crippen LogP contribution in [0.2, 0.25) is 0 Å². The Morgan fingerprint density at radius 2 is 2.35 bits per heavy atom. The Morgan fingerprint density at radius 3 is 2.95 bits per heavy atom. The van der Waals surface area contributed by atoms with Gasteiger partial charge in [-0.25, -0.2) is 0 Å². The number of amides is 1. The fourth-order valence-electron chi connectivity index (χ4n) is 1.48. The van der Waals surface area contributed by atoms with Crippen LogP contribution in [-0.2, 0) is 18.4 Å². The van der Waals surface area contributed by atoms with Crippen molar-refractivity contribution in [3.05, 3.63) is 52.0 Å². The van der Waals surface area contributed by atoms with Crippen molar-refractivity contribution in [2.24, 2.45) is 7.05 Å². The minimum Gasteiger partial charge on any atom is -0.401 e. The molecule has 0 saturated carbocycles. The molecule has 2 heterocycles. The second kappa shape index (κ2) is 5.83. The lowest BCUT2D eigenvalue weighted by Gasteiger charge is -1.97. The SMILES string of the molecule is Cn1ccc(CNC(=O)/C=C/c2ccc([N+](=O)[O-])o2)n1. The van der Waals surface area contributed by atoms with Crippen molar-refractivity contribution in [3.63, 3.8) is 0 Å². The molecule has 0 aliphatic carbocycles. The lowest BCUT2D eigenvalue weighted by Crippen LogP contribution is -2.20. The standard InChI is InChI=1S/C12H12N4O4/c1-15-7-6-9(14-15)8-13-11(17)4-2-10-3-5-12(20-10)16(18)19/h2-7H,8H2,1H3,(H,13,17)/b4-2+. The van der Waals surface area contributed by atoms with Crippen LogP contribution in [-0.4, -0.2) is 20.6 Å². The average Bonchev–Trinajstić information content (AvgIpc) is 3.03. The number of aryl methyl sites for hydroxylation is 1. The van der Waals surface area contributed by atoms with Gasteiger partial charge in [-0.15, -0.1) is 0 Å². The molecule has 0 aliphatic rings. The first-order valence-corrected chi connectivity index (χ1v) is 5.73. The molecule has 0 aliphatic heterocycles. The molecule has 104 valence electrons. The van der Waals surface area contributed by atoms with Crippen LogP contribution in [0.1, 0.15) is 11.5 Å². The van der Waals surface area contributed by atoms with Gasteiger partial charge in [-0.3, -0.25) is 19.6 Å². The maximum absolute atomic E-state index is 11.5. The number of carbonyl (C=O) groups excluding carboxylic acids is 1. The average molecular weight is 276 g/mol. The molecule has 0 spiro atoms. The number of carbonyl (C=O) groups is 1. The van der Waals surface area contributed by atoms with Gasteiger partial charge in [-0.1, -0.05) is 0 Å². The molecule has 2 rings (SSSR count). The van der Waals surface area contributed by atoms with Crippen molar-refractivity contribution in [1.82, 2.24) is 15.1 Å². The fraction of sp³-hybridized carbons (Fsp3) is 0.167. The zero-order valence-electron chi connectivity index (χ0n) is 10.6. The molecular weight excluding hydrogens is 264 g/mol. The molecule has 0 aromatic carbocycles. The van der Waals surface area contributed by atoms with Gasteiger partial charge in [0.1, 0.15) is 10.7 Å². The highest BCUT2D eigenvalue weighted by Crippen LogP contribution is 2.16. The third-order valence-corrected chi connectivity index (χ3v) is 2.40. The second-order valence-electron chi connectivity index (χ2n) is 3.96. The van der Waals surface area contributed by atoms with Gasteiger partial charge in [-0.05, 0) is 18.2 Å². The minimum atomic E-state index is -0.640. The molecule has 0 unspecified atom stereocenters. The van der Waals surface area contributed by atoms with E-state index in [-0.39, 0.29) is 17.6 Å². The van der Waals surface area contributed by atoms with Gasteiger partial charge in [0, 0.05) is 19.3 Å². The monoisotopic (exact) mass is 276 g/mol. The summed E-state index contributed by atoms with van der Waals surface area (Å²) in [6.07, 6.45) is 4.38. The molecule has 20 heavy (non-hydrogen) atoms. The van der Waals surface area contributed by atoms with Gasteiger partial charge < -0.3 is 9.73 Å². The Morgan fingerprint density at radius 1 is 1.55 bits per heavy atom. The highest BCUT2D eigenvalue weighted by Gasteiger charge is 2.10. The summed E-state index contributed by atoms with van der Waals surface area (Å²) >= 11 is 0. The van der Waals surface area contributed by atoms with Crippen molar-refractivity contribution in [3.8, 4) is 0 Å². The lowest BCUT2D eigenvalue weighted by molar-refractivity contribution is -0.402. The first-order chi connectivity index (χ1) is 9.54. The van der Waals surface area contributed by atoms with Gasteiger partial charge in [-0.2, -0.15) is 5.10 Å². The van der Waals surface area contributed by atoms with Crippen LogP contribution >= 0.6 is 0 Å². The van der Waals surface area contributed by atoms with Crippen LogP contribution in [0.3, 0.4) is 0 Å². The Bertz CT molecular complexity index is 656. The van der Waals surface area contributed by atoms with E-state index in [1.54, 1.807) is 24.0 Å². The van der Waals surface area contributed by atoms with E-state index in [0.717, 1.165) is 5.69 Å². The second-order valence-corrected chi connectivity index (χ2v) is 3.96. The molecule has 0 bridgehead atoms. The topological polar surface area (TPSA) is 103 Å². The molecule has 0 radical (unpaired) electrons. The summed E-state index contributed by atoms with van der Waals surface area (Å²) in [7, 11) is 1.79. The third kappa shape index (κ3) is 3.55. The summed E-state index contributed by atoms with van der Waals surface area (Å²) in [5, 5.41) is 17.2. The Balaban J connectivity index is 1.87. The Labute approximate surface area is 113 Å². The van der Waals surface area contributed by atoms with Gasteiger partial charge in [0.25, 0.3) is 0 Å². The van der Waals surface area contributed by atoms with Crippen molar-refractivity contribution in [2.45, 2.75) is 6.54 Å². The van der Waals surface area contributed by atoms with Crippen LogP contribution in [0, 0.1) is 10.1 Å². The van der Waals surface area contributed by atoms with Gasteiger partial charge in [0.05, 0.1) is 18.3 Å². The Kier molecular flexibility index (Phi) is 3.94. The molecule has 8 nitrogen and oxygen atoms in total. The normalized spacial score (nSPS) is 10.8. The van der Waals surface area contributed by atoms with E-state index in [2.05, 4.69) is 10.4 Å². The zero-order chi connectivity index (χ0) is 14.5. The number of nitrogens with zero attached hydrogens (tertiary/aromatic N) is 3. The van der Waals surface area contributed by atoms with Crippen LogP contribution < -0.4 is 5.32 Å². The number of nitrogens with one attached hydrogen (secondary N) is 1. The van der Waals surface area contributed by atoms with E-state index in [1.807, 2.05) is 0 Å². The van der Waals surface area contributed by atoms with E-state index in [0.29, 0.717) is 6.54 Å². The molecule has 0 fully saturated rings. The third-order valence-electron chi connectivity index (χ3n) is 2.40. The molecule has 1 N–H and O–H groups in total. The first-order valence-electron chi connectivity index (χ1n) is 5.73. The molecule has 2 aromatic rings. The van der Waals surface area contributed by atoms with Gasteiger partial charge in [0.2, 0.25) is 5.91 Å². The maximum atomic E-state index is 11.5. The van der Waals surface area contributed by atoms with E-state index in [9.17, 15) is 14.9 Å². The maximum Gasteiger partial charge on any atom is 0.433 e. The molecular formula is C12H12N4O4. The minimum absolute atomic E-state index is 0.240. The predicted octanol–water partition coefficient (Wildman–Crippen LogP) is 1.25. The number of hydrogen-bond donors (Lipinski definition) is 1. The van der Waals surface area contributed by atoms with Crippen LogP contribution in [0.25, 0.3) is 6.08 Å². The van der Waals surface area contributed by atoms with Crippen LogP contribution in [0.15, 0.2) is 34.9 Å². The quantitative estimate of drug-likeness (QED) is 0.503. The van der Waals surface area contributed by atoms with Crippen molar-refractivity contribution < 1.29 is 14.1 Å². The zero-order valence-corrected chi connectivity index (χ0v) is 10.6. The van der Waals surface area contributed by atoms with Crippen LogP contribution in [0.5, 0.6) is 0 Å². The van der Waals surface area contributed by atoms with Gasteiger partial charge in [0.15, 0.2) is 0 Å². The summed E-state index contributed by atoms with van der Waals surface area (Å²) in [5.74, 6) is -0.460. The highest BCUT2D eigenvalue weighted by molar-refractivity contribution is 5.91. The summed E-state index contributed by atoms with van der Waals surface area (Å²) in [6, 6.07) is 4.44. The molecule has 2 aromatic heterocycles. The van der Waals surface area contributed by atoms with Gasteiger partial charge >= 0.3 is 5.88 Å². The van der Waals surface area contributed by atoms with Crippen molar-refractivity contribution >= 4 is 17.9 Å². The molecule has 8 heteroatoms. The number of nitro groups is 1. The first kappa shape index (κ1) is 13.5. The molecule has 1 amide bonds. The largest absolute Gasteiger partial charge is 0.433 e. The van der Waals surface area contributed by atoms with Crippen molar-refractivity contribution in [1.29, 1.82) is 0 Å². The van der Waals surface area contributed by atoms with Crippen LogP contribution in [0.4, 0.5) is 5.88 Å². The number of rotatable bonds is 5. The lowest BCUT2D eigenvalue weighted by atomic mass is 10.3. The molecule has 0 saturated heterocycles. The van der Waals surface area contributed by atoms with E-state index in [4.69, 9.17) is 4.42 Å². The summed E-state index contributed by atoms with van der Waals surface area (Å²) in [4.78, 5) is 21.3. The predicted molar refractivity (Wildman–Crippen MR) is 69.5 cm³/mol. The fourth-order valence-corrected chi connectivity index (χ4v) is 1.48. The van der Waals surface area contributed by atoms with E-state index >= 15 is 0 Å². The number of aromatic nitrogens is 2. The smallest absolute Gasteiger partial charge is 0.401 e. The summed E-state index contributed by atoms with van der Waals surface area (Å²) < 4.78 is 6.52. The molecule has 0 atom stereocenters. The number of hydrogen-bond acceptors (Lipinski definition) is 5. The van der Waals surface area contributed by atoms with E-state index < -0.39 is 4.92 Å².